The number of aromatic nitrogens is 1. The van der Waals surface area contributed by atoms with Crippen molar-refractivity contribution in [3.63, 3.8) is 0 Å². The van der Waals surface area contributed by atoms with Gasteiger partial charge in [0.2, 0.25) is 5.88 Å². The first-order valence-electron chi connectivity index (χ1n) is 4.50. The molecule has 0 spiro atoms. The molecule has 0 amide bonds. The van der Waals surface area contributed by atoms with Crippen LogP contribution >= 0.6 is 31.9 Å². The second-order valence-corrected chi connectivity index (χ2v) is 4.85. The van der Waals surface area contributed by atoms with E-state index in [2.05, 4.69) is 36.8 Å². The molecule has 16 heavy (non-hydrogen) atoms. The predicted octanol–water partition coefficient (Wildman–Crippen LogP) is 3.98. The fourth-order valence-corrected chi connectivity index (χ4v) is 1.87. The third-order valence-corrected chi connectivity index (χ3v) is 2.98. The highest BCUT2D eigenvalue weighted by molar-refractivity contribution is 9.10. The lowest BCUT2D eigenvalue weighted by atomic mass is 10.3. The smallest absolute Gasteiger partial charge is 0.242 e. The first-order valence-corrected chi connectivity index (χ1v) is 6.09. The van der Waals surface area contributed by atoms with Crippen LogP contribution in [0.4, 0.5) is 5.69 Å². The topological polar surface area (TPSA) is 48.1 Å². The van der Waals surface area contributed by atoms with Gasteiger partial charge in [-0.05, 0) is 50.1 Å². The van der Waals surface area contributed by atoms with Crippen LogP contribution in [0.1, 0.15) is 0 Å². The molecule has 0 bridgehead atoms. The first kappa shape index (κ1) is 11.4. The Morgan fingerprint density at radius 3 is 2.62 bits per heavy atom. The van der Waals surface area contributed by atoms with E-state index in [1.54, 1.807) is 12.3 Å². The fraction of sp³-hybridized carbons (Fsp3) is 0. The molecule has 0 fully saturated rings. The maximum Gasteiger partial charge on any atom is 0.242 e. The molecule has 2 aromatic rings. The van der Waals surface area contributed by atoms with Crippen LogP contribution in [0.2, 0.25) is 0 Å². The van der Waals surface area contributed by atoms with Gasteiger partial charge in [-0.3, -0.25) is 0 Å². The summed E-state index contributed by atoms with van der Waals surface area (Å²) in [5.74, 6) is 1.08. The Bertz CT molecular complexity index is 517. The van der Waals surface area contributed by atoms with Crippen LogP contribution in [0.15, 0.2) is 45.5 Å². The highest BCUT2D eigenvalue weighted by atomic mass is 79.9. The van der Waals surface area contributed by atoms with Gasteiger partial charge in [0, 0.05) is 10.7 Å². The van der Waals surface area contributed by atoms with Crippen molar-refractivity contribution >= 4 is 37.5 Å². The Kier molecular flexibility index (Phi) is 3.46. The summed E-state index contributed by atoms with van der Waals surface area (Å²) >= 11 is 6.68. The van der Waals surface area contributed by atoms with Gasteiger partial charge in [-0.2, -0.15) is 0 Å². The number of nitrogens with zero attached hydrogens (tertiary/aromatic N) is 1. The molecule has 0 unspecified atom stereocenters. The zero-order valence-electron chi connectivity index (χ0n) is 8.15. The van der Waals surface area contributed by atoms with Crippen LogP contribution in [-0.2, 0) is 0 Å². The van der Waals surface area contributed by atoms with Gasteiger partial charge >= 0.3 is 0 Å². The number of para-hydroxylation sites is 1. The molecule has 5 heteroatoms. The molecule has 0 radical (unpaired) electrons. The van der Waals surface area contributed by atoms with Gasteiger partial charge in [-0.25, -0.2) is 4.98 Å². The molecule has 2 rings (SSSR count). The highest BCUT2D eigenvalue weighted by Gasteiger charge is 2.06. The highest BCUT2D eigenvalue weighted by Crippen LogP contribution is 2.31. The number of rotatable bonds is 2. The Balaban J connectivity index is 2.31. The van der Waals surface area contributed by atoms with Crippen LogP contribution in [-0.4, -0.2) is 4.98 Å². The van der Waals surface area contributed by atoms with E-state index in [1.165, 1.54) is 0 Å². The van der Waals surface area contributed by atoms with E-state index in [9.17, 15) is 0 Å². The van der Waals surface area contributed by atoms with Crippen molar-refractivity contribution in [1.29, 1.82) is 0 Å². The monoisotopic (exact) mass is 342 g/mol. The molecular formula is C11H8Br2N2O. The summed E-state index contributed by atoms with van der Waals surface area (Å²) in [5, 5.41) is 0. The summed E-state index contributed by atoms with van der Waals surface area (Å²) in [6, 6.07) is 9.28. The number of pyridine rings is 1. The number of benzene rings is 1. The van der Waals surface area contributed by atoms with E-state index in [1.807, 2.05) is 24.3 Å². The Morgan fingerprint density at radius 2 is 1.94 bits per heavy atom. The zero-order chi connectivity index (χ0) is 11.5. The van der Waals surface area contributed by atoms with Crippen LogP contribution in [0.25, 0.3) is 0 Å². The van der Waals surface area contributed by atoms with Gasteiger partial charge in [-0.15, -0.1) is 0 Å². The lowest BCUT2D eigenvalue weighted by Gasteiger charge is -2.08. The summed E-state index contributed by atoms with van der Waals surface area (Å²) < 4.78 is 7.27. The lowest BCUT2D eigenvalue weighted by molar-refractivity contribution is 0.462. The molecular weight excluding hydrogens is 336 g/mol. The fourth-order valence-electron chi connectivity index (χ4n) is 1.16. The van der Waals surface area contributed by atoms with Crippen molar-refractivity contribution in [2.24, 2.45) is 0 Å². The van der Waals surface area contributed by atoms with Crippen LogP contribution in [0, 0.1) is 0 Å². The maximum absolute atomic E-state index is 5.79. The predicted molar refractivity (Wildman–Crippen MR) is 70.6 cm³/mol. The standard InChI is InChI=1S/C11H8Br2N2O/c12-7-5-9(14)11(15-6-7)16-10-4-2-1-3-8(10)13/h1-6H,14H2. The number of halogens is 2. The molecule has 82 valence electrons. The van der Waals surface area contributed by atoms with E-state index in [0.717, 1.165) is 8.95 Å². The Hall–Kier alpha value is -1.07. The molecule has 1 aromatic heterocycles. The van der Waals surface area contributed by atoms with Gasteiger partial charge in [0.05, 0.1) is 10.2 Å². The van der Waals surface area contributed by atoms with Crippen molar-refractivity contribution in [3.8, 4) is 11.6 Å². The second kappa shape index (κ2) is 4.84. The minimum absolute atomic E-state index is 0.398. The number of nitrogens with two attached hydrogens (primary N) is 1. The summed E-state index contributed by atoms with van der Waals surface area (Å²) in [7, 11) is 0. The van der Waals surface area contributed by atoms with Crippen molar-refractivity contribution in [2.75, 3.05) is 5.73 Å². The molecule has 3 nitrogen and oxygen atoms in total. The number of ether oxygens (including phenoxy) is 1. The van der Waals surface area contributed by atoms with Crippen LogP contribution < -0.4 is 10.5 Å². The van der Waals surface area contributed by atoms with E-state index >= 15 is 0 Å². The summed E-state index contributed by atoms with van der Waals surface area (Å²) in [4.78, 5) is 4.10. The molecule has 0 aliphatic carbocycles. The number of anilines is 1. The normalized spacial score (nSPS) is 10.1. The van der Waals surface area contributed by atoms with Crippen molar-refractivity contribution in [2.45, 2.75) is 0 Å². The van der Waals surface area contributed by atoms with Gasteiger partial charge in [0.15, 0.2) is 0 Å². The molecule has 0 aliphatic heterocycles. The average molecular weight is 344 g/mol. The quantitative estimate of drug-likeness (QED) is 0.897. The lowest BCUT2D eigenvalue weighted by Crippen LogP contribution is -1.95. The molecule has 1 heterocycles. The Labute approximate surface area is 110 Å². The minimum atomic E-state index is 0.398. The largest absolute Gasteiger partial charge is 0.436 e. The van der Waals surface area contributed by atoms with Gasteiger partial charge in [-0.1, -0.05) is 12.1 Å². The maximum atomic E-state index is 5.79. The summed E-state index contributed by atoms with van der Waals surface area (Å²) in [5.41, 5.74) is 6.28. The van der Waals surface area contributed by atoms with Crippen molar-refractivity contribution < 1.29 is 4.74 Å². The van der Waals surface area contributed by atoms with Crippen molar-refractivity contribution in [3.05, 3.63) is 45.5 Å². The summed E-state index contributed by atoms with van der Waals surface area (Å²) in [6.45, 7) is 0. The van der Waals surface area contributed by atoms with E-state index in [-0.39, 0.29) is 0 Å². The second-order valence-electron chi connectivity index (χ2n) is 3.08. The van der Waals surface area contributed by atoms with E-state index in [4.69, 9.17) is 10.5 Å². The number of hydrogen-bond donors (Lipinski definition) is 1. The average Bonchev–Trinajstić information content (AvgIpc) is 2.25. The molecule has 0 saturated carbocycles. The molecule has 0 aliphatic rings. The van der Waals surface area contributed by atoms with Crippen molar-refractivity contribution in [1.82, 2.24) is 4.98 Å². The third kappa shape index (κ3) is 2.54. The van der Waals surface area contributed by atoms with E-state index in [0.29, 0.717) is 17.3 Å². The van der Waals surface area contributed by atoms with Crippen LogP contribution in [0.5, 0.6) is 11.6 Å². The van der Waals surface area contributed by atoms with Gasteiger partial charge in [0.25, 0.3) is 0 Å². The Morgan fingerprint density at radius 1 is 1.19 bits per heavy atom. The SMILES string of the molecule is Nc1cc(Br)cnc1Oc1ccccc1Br. The first-order chi connectivity index (χ1) is 7.66. The number of hydrogen-bond acceptors (Lipinski definition) is 3. The molecule has 2 N–H and O–H groups in total. The molecule has 1 aromatic carbocycles. The van der Waals surface area contributed by atoms with Gasteiger partial charge < -0.3 is 10.5 Å². The third-order valence-electron chi connectivity index (χ3n) is 1.89. The number of nitrogen functional groups attached to an aromatic ring is 1. The zero-order valence-corrected chi connectivity index (χ0v) is 11.3. The summed E-state index contributed by atoms with van der Waals surface area (Å²) in [6.07, 6.45) is 1.64. The molecule has 0 atom stereocenters. The van der Waals surface area contributed by atoms with Crippen LogP contribution in [0.3, 0.4) is 0 Å². The van der Waals surface area contributed by atoms with E-state index < -0.39 is 0 Å². The molecule has 0 saturated heterocycles. The minimum Gasteiger partial charge on any atom is -0.436 e. The van der Waals surface area contributed by atoms with Gasteiger partial charge in [0.1, 0.15) is 5.75 Å².